The number of piperidine rings is 1. The van der Waals surface area contributed by atoms with Crippen LogP contribution in [-0.2, 0) is 14.3 Å². The van der Waals surface area contributed by atoms with Gasteiger partial charge in [-0.1, -0.05) is 0 Å². The second kappa shape index (κ2) is 7.25. The second-order valence-corrected chi connectivity index (χ2v) is 6.53. The van der Waals surface area contributed by atoms with Crippen LogP contribution in [0.1, 0.15) is 37.2 Å². The number of amides is 2. The van der Waals surface area contributed by atoms with Crippen LogP contribution in [0.3, 0.4) is 0 Å². The molecule has 0 radical (unpaired) electrons. The number of nitrogens with zero attached hydrogens (tertiary/aromatic N) is 3. The number of carbonyl (C=O) groups excluding carboxylic acids is 2. The normalized spacial score (nSPS) is 21.8. The van der Waals surface area contributed by atoms with Gasteiger partial charge in [0.2, 0.25) is 5.91 Å². The molecule has 2 aliphatic heterocycles. The van der Waals surface area contributed by atoms with Crippen LogP contribution in [0.15, 0.2) is 6.07 Å². The monoisotopic (exact) mass is 332 g/mol. The Labute approximate surface area is 141 Å². The lowest BCUT2D eigenvalue weighted by Crippen LogP contribution is -2.45. The Morgan fingerprint density at radius 2 is 1.96 bits per heavy atom. The summed E-state index contributed by atoms with van der Waals surface area (Å²) in [4.78, 5) is 35.0. The van der Waals surface area contributed by atoms with Crippen LogP contribution >= 0.6 is 0 Å². The molecule has 2 aliphatic rings. The van der Waals surface area contributed by atoms with Crippen molar-refractivity contribution >= 4 is 17.6 Å². The van der Waals surface area contributed by atoms with E-state index in [1.54, 1.807) is 13.0 Å². The van der Waals surface area contributed by atoms with Gasteiger partial charge in [-0.3, -0.25) is 9.59 Å². The highest BCUT2D eigenvalue weighted by atomic mass is 16.5. The number of aryl methyl sites for hydroxylation is 2. The quantitative estimate of drug-likeness (QED) is 0.905. The molecule has 1 atom stereocenters. The van der Waals surface area contributed by atoms with E-state index >= 15 is 0 Å². The molecule has 130 valence electrons. The Kier molecular flexibility index (Phi) is 5.08. The summed E-state index contributed by atoms with van der Waals surface area (Å²) in [7, 11) is 0. The standard InChI is InChI=1S/C17H24N4O3/c1-11-10-15(19-12(2)18-11)20-16(22)13-5-7-21(8-6-13)17(23)14-4-3-9-24-14/h10,13-14H,3-9H2,1-2H3,(H,18,19,20,22). The fourth-order valence-corrected chi connectivity index (χ4v) is 3.35. The minimum absolute atomic E-state index is 0.0308. The summed E-state index contributed by atoms with van der Waals surface area (Å²) in [5.74, 6) is 1.14. The van der Waals surface area contributed by atoms with E-state index in [9.17, 15) is 9.59 Å². The molecule has 3 heterocycles. The number of carbonyl (C=O) groups is 2. The first-order valence-electron chi connectivity index (χ1n) is 8.56. The Hall–Kier alpha value is -2.02. The lowest BCUT2D eigenvalue weighted by molar-refractivity contribution is -0.143. The van der Waals surface area contributed by atoms with Gasteiger partial charge in [-0.25, -0.2) is 9.97 Å². The summed E-state index contributed by atoms with van der Waals surface area (Å²) in [5.41, 5.74) is 0.828. The molecule has 0 aliphatic carbocycles. The van der Waals surface area contributed by atoms with Gasteiger partial charge < -0.3 is 15.0 Å². The van der Waals surface area contributed by atoms with Gasteiger partial charge in [0.1, 0.15) is 17.7 Å². The summed E-state index contributed by atoms with van der Waals surface area (Å²) in [5, 5.41) is 2.87. The number of anilines is 1. The third kappa shape index (κ3) is 3.90. The fraction of sp³-hybridized carbons (Fsp3) is 0.647. The highest BCUT2D eigenvalue weighted by molar-refractivity contribution is 5.92. The van der Waals surface area contributed by atoms with Crippen molar-refractivity contribution in [3.05, 3.63) is 17.6 Å². The molecule has 2 fully saturated rings. The first kappa shape index (κ1) is 16.8. The van der Waals surface area contributed by atoms with Crippen LogP contribution < -0.4 is 5.32 Å². The Balaban J connectivity index is 1.52. The number of hydrogen-bond acceptors (Lipinski definition) is 5. The maximum absolute atomic E-state index is 12.4. The summed E-state index contributed by atoms with van der Waals surface area (Å²) in [6.07, 6.45) is 2.83. The van der Waals surface area contributed by atoms with Crippen LogP contribution in [0.5, 0.6) is 0 Å². The second-order valence-electron chi connectivity index (χ2n) is 6.53. The van der Waals surface area contributed by atoms with E-state index in [0.29, 0.717) is 44.2 Å². The third-order valence-corrected chi connectivity index (χ3v) is 4.60. The fourth-order valence-electron chi connectivity index (χ4n) is 3.35. The number of ether oxygens (including phenoxy) is 1. The van der Waals surface area contributed by atoms with Gasteiger partial charge in [0.15, 0.2) is 0 Å². The molecule has 0 aromatic carbocycles. The van der Waals surface area contributed by atoms with Gasteiger partial charge in [0.25, 0.3) is 5.91 Å². The molecule has 2 amide bonds. The molecule has 1 N–H and O–H groups in total. The van der Waals surface area contributed by atoms with E-state index in [1.165, 1.54) is 0 Å². The summed E-state index contributed by atoms with van der Waals surface area (Å²) < 4.78 is 5.46. The summed E-state index contributed by atoms with van der Waals surface area (Å²) in [6.45, 7) is 5.57. The zero-order valence-corrected chi connectivity index (χ0v) is 14.2. The van der Waals surface area contributed by atoms with E-state index in [-0.39, 0.29) is 23.8 Å². The molecule has 0 bridgehead atoms. The Morgan fingerprint density at radius 1 is 1.21 bits per heavy atom. The van der Waals surface area contributed by atoms with Gasteiger partial charge in [-0.2, -0.15) is 0 Å². The molecule has 0 saturated carbocycles. The lowest BCUT2D eigenvalue weighted by atomic mass is 9.95. The molecule has 2 saturated heterocycles. The molecular formula is C17H24N4O3. The molecule has 7 nitrogen and oxygen atoms in total. The zero-order chi connectivity index (χ0) is 17.1. The van der Waals surface area contributed by atoms with Crippen LogP contribution in [0.25, 0.3) is 0 Å². The van der Waals surface area contributed by atoms with E-state index in [0.717, 1.165) is 18.5 Å². The molecule has 24 heavy (non-hydrogen) atoms. The first-order chi connectivity index (χ1) is 11.5. The van der Waals surface area contributed by atoms with Crippen molar-refractivity contribution in [3.8, 4) is 0 Å². The number of hydrogen-bond donors (Lipinski definition) is 1. The number of rotatable bonds is 3. The van der Waals surface area contributed by atoms with Gasteiger partial charge in [-0.15, -0.1) is 0 Å². The highest BCUT2D eigenvalue weighted by Gasteiger charge is 2.32. The molecular weight excluding hydrogens is 308 g/mol. The molecule has 0 spiro atoms. The average Bonchev–Trinajstić information content (AvgIpc) is 3.07. The van der Waals surface area contributed by atoms with Crippen molar-refractivity contribution in [1.82, 2.24) is 14.9 Å². The predicted octanol–water partition coefficient (Wildman–Crippen LogP) is 1.45. The lowest BCUT2D eigenvalue weighted by Gasteiger charge is -2.32. The molecule has 1 aromatic rings. The van der Waals surface area contributed by atoms with E-state index in [2.05, 4.69) is 15.3 Å². The maximum Gasteiger partial charge on any atom is 0.251 e. The third-order valence-electron chi connectivity index (χ3n) is 4.60. The van der Waals surface area contributed by atoms with Crippen LogP contribution in [0.4, 0.5) is 5.82 Å². The van der Waals surface area contributed by atoms with E-state index < -0.39 is 0 Å². The minimum Gasteiger partial charge on any atom is -0.368 e. The number of nitrogens with one attached hydrogen (secondary N) is 1. The summed E-state index contributed by atoms with van der Waals surface area (Å²) >= 11 is 0. The van der Waals surface area contributed by atoms with Gasteiger partial charge >= 0.3 is 0 Å². The topological polar surface area (TPSA) is 84.4 Å². The van der Waals surface area contributed by atoms with Crippen LogP contribution in [0.2, 0.25) is 0 Å². The smallest absolute Gasteiger partial charge is 0.251 e. The Bertz CT molecular complexity index is 600. The average molecular weight is 332 g/mol. The van der Waals surface area contributed by atoms with Crippen molar-refractivity contribution < 1.29 is 14.3 Å². The number of likely N-dealkylation sites (tertiary alicyclic amines) is 1. The van der Waals surface area contributed by atoms with Gasteiger partial charge in [-0.05, 0) is 39.5 Å². The van der Waals surface area contributed by atoms with E-state index in [1.807, 2.05) is 11.8 Å². The van der Waals surface area contributed by atoms with Crippen molar-refractivity contribution in [3.63, 3.8) is 0 Å². The molecule has 1 aromatic heterocycles. The van der Waals surface area contributed by atoms with Crippen LogP contribution in [-0.4, -0.2) is 52.5 Å². The maximum atomic E-state index is 12.4. The van der Waals surface area contributed by atoms with Crippen molar-refractivity contribution in [1.29, 1.82) is 0 Å². The molecule has 3 rings (SSSR count). The molecule has 1 unspecified atom stereocenters. The van der Waals surface area contributed by atoms with Crippen molar-refractivity contribution in [2.45, 2.75) is 45.6 Å². The van der Waals surface area contributed by atoms with E-state index in [4.69, 9.17) is 4.74 Å². The SMILES string of the molecule is Cc1cc(NC(=O)C2CCN(C(=O)C3CCCO3)CC2)nc(C)n1. The minimum atomic E-state index is -0.276. The zero-order valence-electron chi connectivity index (χ0n) is 14.2. The summed E-state index contributed by atoms with van der Waals surface area (Å²) in [6, 6.07) is 1.76. The Morgan fingerprint density at radius 3 is 2.58 bits per heavy atom. The number of aromatic nitrogens is 2. The largest absolute Gasteiger partial charge is 0.368 e. The molecule has 7 heteroatoms. The highest BCUT2D eigenvalue weighted by Crippen LogP contribution is 2.22. The first-order valence-corrected chi connectivity index (χ1v) is 8.56. The predicted molar refractivity (Wildman–Crippen MR) is 88.4 cm³/mol. The van der Waals surface area contributed by atoms with Gasteiger partial charge in [0, 0.05) is 37.4 Å². The van der Waals surface area contributed by atoms with Crippen molar-refractivity contribution in [2.24, 2.45) is 5.92 Å². The van der Waals surface area contributed by atoms with Crippen LogP contribution in [0, 0.1) is 19.8 Å². The van der Waals surface area contributed by atoms with Gasteiger partial charge in [0.05, 0.1) is 0 Å². The van der Waals surface area contributed by atoms with Crippen molar-refractivity contribution in [2.75, 3.05) is 25.0 Å².